The molecular formula is C23H25ClF3N3O6. The summed E-state index contributed by atoms with van der Waals surface area (Å²) in [5.74, 6) is -0.737. The lowest BCUT2D eigenvalue weighted by molar-refractivity contribution is -0.384. The lowest BCUT2D eigenvalue weighted by Gasteiger charge is -2.42. The number of nitro groups is 1. The maximum Gasteiger partial charge on any atom is 0.422 e. The normalized spacial score (nSPS) is 16.6. The van der Waals surface area contributed by atoms with Gasteiger partial charge in [0, 0.05) is 25.7 Å². The summed E-state index contributed by atoms with van der Waals surface area (Å²) in [5.41, 5.74) is -3.71. The number of carbonyl (C=O) groups excluding carboxylic acids is 1. The second-order valence-corrected chi connectivity index (χ2v) is 9.46. The fourth-order valence-electron chi connectivity index (χ4n) is 3.81. The third-order valence-electron chi connectivity index (χ3n) is 5.29. The predicted molar refractivity (Wildman–Crippen MR) is 126 cm³/mol. The summed E-state index contributed by atoms with van der Waals surface area (Å²) in [5, 5.41) is 21.7. The third-order valence-corrected chi connectivity index (χ3v) is 5.61. The number of rotatable bonds is 5. The van der Waals surface area contributed by atoms with Crippen LogP contribution in [0.4, 0.5) is 29.3 Å². The Morgan fingerprint density at radius 1 is 1.17 bits per heavy atom. The quantitative estimate of drug-likeness (QED) is 0.402. The molecule has 1 atom stereocenters. The highest BCUT2D eigenvalue weighted by Gasteiger charge is 2.45. The van der Waals surface area contributed by atoms with Gasteiger partial charge in [-0.05, 0) is 39.0 Å². The van der Waals surface area contributed by atoms with Crippen LogP contribution in [0.25, 0.3) is 0 Å². The fourth-order valence-corrected chi connectivity index (χ4v) is 3.98. The Morgan fingerprint density at radius 2 is 1.83 bits per heavy atom. The Balaban J connectivity index is 2.07. The molecule has 36 heavy (non-hydrogen) atoms. The molecule has 0 radical (unpaired) electrons. The summed E-state index contributed by atoms with van der Waals surface area (Å²) in [6.07, 6.45) is -5.79. The van der Waals surface area contributed by atoms with Crippen LogP contribution in [0.5, 0.6) is 11.5 Å². The van der Waals surface area contributed by atoms with E-state index < -0.39 is 58.1 Å². The number of para-hydroxylation sites is 1. The topological polar surface area (TPSA) is 105 Å². The summed E-state index contributed by atoms with van der Waals surface area (Å²) in [6, 6.07) is 6.70. The van der Waals surface area contributed by atoms with Crippen molar-refractivity contribution in [3.8, 4) is 11.5 Å². The van der Waals surface area contributed by atoms with E-state index >= 15 is 0 Å². The maximum absolute atomic E-state index is 14.4. The van der Waals surface area contributed by atoms with E-state index in [1.54, 1.807) is 26.8 Å². The van der Waals surface area contributed by atoms with Crippen molar-refractivity contribution in [2.24, 2.45) is 0 Å². The molecular weight excluding hydrogens is 507 g/mol. The van der Waals surface area contributed by atoms with Gasteiger partial charge in [0.25, 0.3) is 5.69 Å². The first-order valence-corrected chi connectivity index (χ1v) is 11.3. The summed E-state index contributed by atoms with van der Waals surface area (Å²) in [4.78, 5) is 25.7. The average molecular weight is 532 g/mol. The molecule has 13 heteroatoms. The minimum Gasteiger partial charge on any atom is -0.455 e. The Hall–Kier alpha value is -3.25. The van der Waals surface area contributed by atoms with E-state index in [4.69, 9.17) is 21.1 Å². The van der Waals surface area contributed by atoms with Gasteiger partial charge in [-0.1, -0.05) is 23.7 Å². The molecule has 196 valence electrons. The summed E-state index contributed by atoms with van der Waals surface area (Å²) in [7, 11) is 0. The SMILES string of the molecule is CC(C)(C)OC(=O)N1CCN(c2c([N+](=O)[O-])ccc(Oc3ccccc3Cl)c2C(F)(F)F)C[C@@H]1CO. The Labute approximate surface area is 210 Å². The third kappa shape index (κ3) is 6.11. The van der Waals surface area contributed by atoms with Crippen molar-refractivity contribution >= 4 is 29.1 Å². The Morgan fingerprint density at radius 3 is 2.39 bits per heavy atom. The number of hydrogen-bond acceptors (Lipinski definition) is 7. The highest BCUT2D eigenvalue weighted by molar-refractivity contribution is 6.32. The molecule has 1 heterocycles. The van der Waals surface area contributed by atoms with Gasteiger partial charge < -0.3 is 19.5 Å². The van der Waals surface area contributed by atoms with Crippen molar-refractivity contribution in [1.82, 2.24) is 4.90 Å². The zero-order valence-electron chi connectivity index (χ0n) is 19.7. The van der Waals surface area contributed by atoms with Crippen LogP contribution in [0, 0.1) is 10.1 Å². The Bertz CT molecular complexity index is 1140. The first-order chi connectivity index (χ1) is 16.7. The summed E-state index contributed by atoms with van der Waals surface area (Å²) in [6.45, 7) is 3.73. The number of carbonyl (C=O) groups is 1. The van der Waals surface area contributed by atoms with Gasteiger partial charge in [-0.25, -0.2) is 4.79 Å². The van der Waals surface area contributed by atoms with Crippen molar-refractivity contribution < 1.29 is 37.5 Å². The van der Waals surface area contributed by atoms with Crippen LogP contribution >= 0.6 is 11.6 Å². The Kier molecular flexibility index (Phi) is 7.89. The van der Waals surface area contributed by atoms with E-state index in [0.29, 0.717) is 0 Å². The number of hydrogen-bond donors (Lipinski definition) is 1. The molecule has 2 aromatic carbocycles. The average Bonchev–Trinajstić information content (AvgIpc) is 2.77. The first kappa shape index (κ1) is 27.3. The van der Waals surface area contributed by atoms with E-state index in [1.807, 2.05) is 0 Å². The first-order valence-electron chi connectivity index (χ1n) is 10.9. The highest BCUT2D eigenvalue weighted by atomic mass is 35.5. The van der Waals surface area contributed by atoms with Crippen LogP contribution in [0.1, 0.15) is 26.3 Å². The van der Waals surface area contributed by atoms with E-state index in [1.165, 1.54) is 23.1 Å². The summed E-state index contributed by atoms with van der Waals surface area (Å²) >= 11 is 6.04. The van der Waals surface area contributed by atoms with Crippen LogP contribution in [-0.4, -0.2) is 58.9 Å². The summed E-state index contributed by atoms with van der Waals surface area (Å²) < 4.78 is 53.9. The molecule has 0 saturated carbocycles. The molecule has 1 amide bonds. The minimum absolute atomic E-state index is 0.0526. The van der Waals surface area contributed by atoms with E-state index in [-0.39, 0.29) is 30.4 Å². The minimum atomic E-state index is -5.05. The predicted octanol–water partition coefficient (Wildman–Crippen LogP) is 5.48. The van der Waals surface area contributed by atoms with Gasteiger partial charge in [0.05, 0.1) is 22.6 Å². The number of aliphatic hydroxyl groups is 1. The van der Waals surface area contributed by atoms with Gasteiger partial charge in [-0.15, -0.1) is 0 Å². The van der Waals surface area contributed by atoms with Gasteiger partial charge >= 0.3 is 12.3 Å². The number of alkyl halides is 3. The highest BCUT2D eigenvalue weighted by Crippen LogP contribution is 2.49. The molecule has 1 aliphatic rings. The van der Waals surface area contributed by atoms with E-state index in [2.05, 4.69) is 0 Å². The van der Waals surface area contributed by atoms with Crippen molar-refractivity contribution in [1.29, 1.82) is 0 Å². The number of piperazine rings is 1. The van der Waals surface area contributed by atoms with Gasteiger partial charge in [-0.2, -0.15) is 13.2 Å². The smallest absolute Gasteiger partial charge is 0.422 e. The van der Waals surface area contributed by atoms with Crippen LogP contribution in [0.15, 0.2) is 36.4 Å². The largest absolute Gasteiger partial charge is 0.455 e. The van der Waals surface area contributed by atoms with Gasteiger partial charge in [0.2, 0.25) is 0 Å². The van der Waals surface area contributed by atoms with E-state index in [0.717, 1.165) is 17.0 Å². The number of halogens is 4. The van der Waals surface area contributed by atoms with Crippen molar-refractivity contribution in [2.45, 2.75) is 38.6 Å². The number of nitro benzene ring substituents is 1. The molecule has 3 rings (SSSR count). The molecule has 2 aromatic rings. The molecule has 0 bridgehead atoms. The molecule has 0 aromatic heterocycles. The molecule has 9 nitrogen and oxygen atoms in total. The lowest BCUT2D eigenvalue weighted by atomic mass is 10.0. The second kappa shape index (κ2) is 10.4. The molecule has 0 aliphatic carbocycles. The molecule has 1 N–H and O–H groups in total. The van der Waals surface area contributed by atoms with Crippen LogP contribution in [-0.2, 0) is 10.9 Å². The standard InChI is InChI=1S/C23H25ClF3N3O6/c1-22(2,3)36-21(32)29-11-10-28(12-14(29)13-31)20-16(30(33)34)8-9-18(19(20)23(25,26)27)35-17-7-5-4-6-15(17)24/h4-9,14,31H,10-13H2,1-3H3/t14-/m1/s1. The lowest BCUT2D eigenvalue weighted by Crippen LogP contribution is -2.57. The van der Waals surface area contributed by atoms with Crippen molar-refractivity contribution in [3.63, 3.8) is 0 Å². The number of nitrogens with zero attached hydrogens (tertiary/aromatic N) is 3. The maximum atomic E-state index is 14.4. The van der Waals surface area contributed by atoms with Gasteiger partial charge in [0.1, 0.15) is 28.4 Å². The van der Waals surface area contributed by atoms with Gasteiger partial charge in [-0.3, -0.25) is 15.0 Å². The number of aliphatic hydroxyl groups excluding tert-OH is 1. The van der Waals surface area contributed by atoms with Crippen LogP contribution < -0.4 is 9.64 Å². The van der Waals surface area contributed by atoms with Crippen molar-refractivity contribution in [2.75, 3.05) is 31.1 Å². The van der Waals surface area contributed by atoms with Gasteiger partial charge in [0.15, 0.2) is 0 Å². The number of anilines is 1. The second-order valence-electron chi connectivity index (χ2n) is 9.05. The molecule has 0 unspecified atom stereocenters. The van der Waals surface area contributed by atoms with E-state index in [9.17, 15) is 33.2 Å². The van der Waals surface area contributed by atoms with Crippen molar-refractivity contribution in [3.05, 3.63) is 57.1 Å². The number of benzene rings is 2. The number of ether oxygens (including phenoxy) is 2. The van der Waals surface area contributed by atoms with Crippen LogP contribution in [0.3, 0.4) is 0 Å². The zero-order chi connectivity index (χ0) is 26.8. The monoisotopic (exact) mass is 531 g/mol. The number of amides is 1. The fraction of sp³-hybridized carbons (Fsp3) is 0.435. The zero-order valence-corrected chi connectivity index (χ0v) is 20.5. The van der Waals surface area contributed by atoms with Crippen LogP contribution in [0.2, 0.25) is 5.02 Å². The molecule has 1 saturated heterocycles. The molecule has 1 fully saturated rings. The molecule has 0 spiro atoms. The molecule has 1 aliphatic heterocycles.